The average molecular weight is 308 g/mol. The van der Waals surface area contributed by atoms with Gasteiger partial charge in [-0.25, -0.2) is 9.97 Å². The first-order chi connectivity index (χ1) is 10.0. The number of nitrogens with zero attached hydrogens (tertiary/aromatic N) is 2. The molecule has 1 aromatic heterocycles. The van der Waals surface area contributed by atoms with Gasteiger partial charge in [0.05, 0.1) is 14.2 Å². The van der Waals surface area contributed by atoms with Crippen molar-refractivity contribution in [3.8, 4) is 11.5 Å². The van der Waals surface area contributed by atoms with Crippen LogP contribution < -0.4 is 14.8 Å². The van der Waals surface area contributed by atoms with Crippen molar-refractivity contribution in [2.45, 2.75) is 19.8 Å². The summed E-state index contributed by atoms with van der Waals surface area (Å²) >= 11 is 6.04. The van der Waals surface area contributed by atoms with Crippen molar-refractivity contribution in [2.24, 2.45) is 0 Å². The van der Waals surface area contributed by atoms with Gasteiger partial charge in [0.1, 0.15) is 28.3 Å². The fourth-order valence-corrected chi connectivity index (χ4v) is 1.97. The highest BCUT2D eigenvalue weighted by molar-refractivity contribution is 6.29. The van der Waals surface area contributed by atoms with E-state index in [0.29, 0.717) is 28.3 Å². The molecule has 0 amide bonds. The second-order valence-corrected chi connectivity index (χ2v) is 5.20. The Morgan fingerprint density at radius 3 is 2.14 bits per heavy atom. The van der Waals surface area contributed by atoms with Crippen molar-refractivity contribution in [2.75, 3.05) is 19.5 Å². The minimum atomic E-state index is 0.198. The van der Waals surface area contributed by atoms with Crippen LogP contribution in [-0.4, -0.2) is 24.2 Å². The van der Waals surface area contributed by atoms with E-state index in [0.717, 1.165) is 5.69 Å². The summed E-state index contributed by atoms with van der Waals surface area (Å²) in [6.45, 7) is 4.04. The minimum Gasteiger partial charge on any atom is -0.497 e. The molecule has 0 radical (unpaired) electrons. The van der Waals surface area contributed by atoms with Gasteiger partial charge in [0.2, 0.25) is 0 Å². The Morgan fingerprint density at radius 2 is 1.62 bits per heavy atom. The molecule has 2 aromatic rings. The van der Waals surface area contributed by atoms with Gasteiger partial charge in [-0.2, -0.15) is 0 Å². The van der Waals surface area contributed by atoms with Crippen LogP contribution in [0.1, 0.15) is 25.6 Å². The highest BCUT2D eigenvalue weighted by Crippen LogP contribution is 2.28. The number of benzene rings is 1. The number of rotatable bonds is 5. The number of hydrogen-bond donors (Lipinski definition) is 1. The SMILES string of the molecule is COc1cc(Nc2cc(Cl)nc(C(C)C)n2)cc(OC)c1. The number of methoxy groups -OCH3 is 2. The van der Waals surface area contributed by atoms with Crippen LogP contribution in [0.25, 0.3) is 0 Å². The summed E-state index contributed by atoms with van der Waals surface area (Å²) in [5.41, 5.74) is 0.802. The van der Waals surface area contributed by atoms with E-state index in [1.807, 2.05) is 26.0 Å². The molecular formula is C15H18ClN3O2. The number of nitrogens with one attached hydrogen (secondary N) is 1. The van der Waals surface area contributed by atoms with E-state index in [9.17, 15) is 0 Å². The molecule has 0 spiro atoms. The zero-order valence-corrected chi connectivity index (χ0v) is 13.2. The molecule has 0 saturated carbocycles. The smallest absolute Gasteiger partial charge is 0.135 e. The molecule has 6 heteroatoms. The predicted molar refractivity (Wildman–Crippen MR) is 84.0 cm³/mol. The molecule has 0 saturated heterocycles. The minimum absolute atomic E-state index is 0.198. The van der Waals surface area contributed by atoms with Gasteiger partial charge < -0.3 is 14.8 Å². The number of hydrogen-bond acceptors (Lipinski definition) is 5. The fraction of sp³-hybridized carbons (Fsp3) is 0.333. The summed E-state index contributed by atoms with van der Waals surface area (Å²) < 4.78 is 10.5. The van der Waals surface area contributed by atoms with Gasteiger partial charge in [-0.1, -0.05) is 25.4 Å². The molecule has 0 aliphatic heterocycles. The zero-order chi connectivity index (χ0) is 15.4. The number of ether oxygens (including phenoxy) is 2. The van der Waals surface area contributed by atoms with Crippen molar-refractivity contribution in [1.82, 2.24) is 9.97 Å². The first-order valence-corrected chi connectivity index (χ1v) is 6.94. The van der Waals surface area contributed by atoms with Gasteiger partial charge in [-0.15, -0.1) is 0 Å². The summed E-state index contributed by atoms with van der Waals surface area (Å²) in [4.78, 5) is 8.66. The van der Waals surface area contributed by atoms with Crippen molar-refractivity contribution in [3.05, 3.63) is 35.2 Å². The van der Waals surface area contributed by atoms with Crippen LogP contribution in [0, 0.1) is 0 Å². The molecular weight excluding hydrogens is 290 g/mol. The maximum Gasteiger partial charge on any atom is 0.135 e. The molecule has 21 heavy (non-hydrogen) atoms. The second-order valence-electron chi connectivity index (χ2n) is 4.82. The third kappa shape index (κ3) is 3.98. The molecule has 0 aliphatic rings. The third-order valence-corrected chi connectivity index (χ3v) is 3.05. The maximum absolute atomic E-state index is 6.04. The van der Waals surface area contributed by atoms with Gasteiger partial charge in [0, 0.05) is 35.9 Å². The normalized spacial score (nSPS) is 10.6. The van der Waals surface area contributed by atoms with Crippen molar-refractivity contribution >= 4 is 23.1 Å². The standard InChI is InChI=1S/C15H18ClN3O2/c1-9(2)15-18-13(16)8-14(19-15)17-10-5-11(20-3)7-12(6-10)21-4/h5-9H,1-4H3,(H,17,18,19). The monoisotopic (exact) mass is 307 g/mol. The summed E-state index contributed by atoms with van der Waals surface area (Å²) in [5, 5.41) is 3.60. The lowest BCUT2D eigenvalue weighted by molar-refractivity contribution is 0.395. The van der Waals surface area contributed by atoms with E-state index in [1.165, 1.54) is 0 Å². The maximum atomic E-state index is 6.04. The quantitative estimate of drug-likeness (QED) is 0.846. The number of aromatic nitrogens is 2. The highest BCUT2D eigenvalue weighted by atomic mass is 35.5. The summed E-state index contributed by atoms with van der Waals surface area (Å²) in [6, 6.07) is 7.19. The van der Waals surface area contributed by atoms with Gasteiger partial charge in [0.25, 0.3) is 0 Å². The lowest BCUT2D eigenvalue weighted by Gasteiger charge is -2.12. The molecule has 0 fully saturated rings. The molecule has 0 atom stereocenters. The van der Waals surface area contributed by atoms with E-state index >= 15 is 0 Å². The summed E-state index contributed by atoms with van der Waals surface area (Å²) in [5.74, 6) is 2.92. The van der Waals surface area contributed by atoms with Crippen molar-refractivity contribution in [3.63, 3.8) is 0 Å². The molecule has 1 N–H and O–H groups in total. The van der Waals surface area contributed by atoms with Crippen LogP contribution in [0.2, 0.25) is 5.15 Å². The van der Waals surface area contributed by atoms with Gasteiger partial charge in [0.15, 0.2) is 0 Å². The number of anilines is 2. The summed E-state index contributed by atoms with van der Waals surface area (Å²) in [6.07, 6.45) is 0. The zero-order valence-electron chi connectivity index (χ0n) is 12.5. The molecule has 2 rings (SSSR count). The molecule has 0 bridgehead atoms. The van der Waals surface area contributed by atoms with E-state index < -0.39 is 0 Å². The molecule has 1 heterocycles. The van der Waals surface area contributed by atoms with Crippen LogP contribution in [0.4, 0.5) is 11.5 Å². The Balaban J connectivity index is 2.33. The lowest BCUT2D eigenvalue weighted by Crippen LogP contribution is -2.02. The Bertz CT molecular complexity index is 610. The fourth-order valence-electron chi connectivity index (χ4n) is 1.78. The Hall–Kier alpha value is -2.01. The van der Waals surface area contributed by atoms with E-state index in [1.54, 1.807) is 26.4 Å². The van der Waals surface area contributed by atoms with Crippen LogP contribution >= 0.6 is 11.6 Å². The highest BCUT2D eigenvalue weighted by Gasteiger charge is 2.08. The van der Waals surface area contributed by atoms with Gasteiger partial charge in [-0.3, -0.25) is 0 Å². The van der Waals surface area contributed by atoms with Crippen LogP contribution in [-0.2, 0) is 0 Å². The van der Waals surface area contributed by atoms with Crippen LogP contribution in [0.3, 0.4) is 0 Å². The van der Waals surface area contributed by atoms with Gasteiger partial charge in [-0.05, 0) is 0 Å². The Kier molecular flexibility index (Phi) is 4.85. The largest absolute Gasteiger partial charge is 0.497 e. The number of halogens is 1. The lowest BCUT2D eigenvalue weighted by atomic mass is 10.2. The molecule has 112 valence electrons. The Labute approximate surface area is 129 Å². The molecule has 0 unspecified atom stereocenters. The van der Waals surface area contributed by atoms with Crippen molar-refractivity contribution < 1.29 is 9.47 Å². The van der Waals surface area contributed by atoms with Crippen molar-refractivity contribution in [1.29, 1.82) is 0 Å². The first-order valence-electron chi connectivity index (χ1n) is 6.56. The average Bonchev–Trinajstić information content (AvgIpc) is 2.46. The Morgan fingerprint density at radius 1 is 1.00 bits per heavy atom. The summed E-state index contributed by atoms with van der Waals surface area (Å²) in [7, 11) is 3.22. The molecule has 1 aromatic carbocycles. The molecule has 0 aliphatic carbocycles. The topological polar surface area (TPSA) is 56.3 Å². The first kappa shape index (κ1) is 15.4. The van der Waals surface area contributed by atoms with E-state index in [-0.39, 0.29) is 5.92 Å². The van der Waals surface area contributed by atoms with Gasteiger partial charge >= 0.3 is 0 Å². The van der Waals surface area contributed by atoms with E-state index in [2.05, 4.69) is 15.3 Å². The van der Waals surface area contributed by atoms with Crippen LogP contribution in [0.5, 0.6) is 11.5 Å². The predicted octanol–water partition coefficient (Wildman–Crippen LogP) is 4.01. The molecule has 5 nitrogen and oxygen atoms in total. The van der Waals surface area contributed by atoms with Crippen LogP contribution in [0.15, 0.2) is 24.3 Å². The van der Waals surface area contributed by atoms with E-state index in [4.69, 9.17) is 21.1 Å². The third-order valence-electron chi connectivity index (χ3n) is 2.85. The second kappa shape index (κ2) is 6.63.